The second-order valence-corrected chi connectivity index (χ2v) is 6.19. The van der Waals surface area contributed by atoms with E-state index in [0.29, 0.717) is 8.19 Å². The maximum atomic E-state index is 3.39. The van der Waals surface area contributed by atoms with Gasteiger partial charge in [-0.05, 0) is 0 Å². The van der Waals surface area contributed by atoms with Crippen LogP contribution in [-0.4, -0.2) is 0 Å². The minimum absolute atomic E-state index is 0. The second kappa shape index (κ2) is 13.1. The first kappa shape index (κ1) is 23.9. The van der Waals surface area contributed by atoms with Gasteiger partial charge in [-0.2, -0.15) is 30.3 Å². The van der Waals surface area contributed by atoms with E-state index < -0.39 is 0 Å². The first-order valence-electron chi connectivity index (χ1n) is 7.32. The fourth-order valence-electron chi connectivity index (χ4n) is 2.21. The zero-order valence-corrected chi connectivity index (χ0v) is 17.6. The Bertz CT molecular complexity index is 710. The Morgan fingerprint density at radius 3 is 1.68 bits per heavy atom. The van der Waals surface area contributed by atoms with Gasteiger partial charge in [-0.1, -0.05) is 59.4 Å². The molecular formula is C21H17Cl2PTi. The molecule has 0 bridgehead atoms. The predicted octanol–water partition coefficient (Wildman–Crippen LogP) is 0.263. The van der Waals surface area contributed by atoms with Gasteiger partial charge in [-0.3, -0.25) is 0 Å². The van der Waals surface area contributed by atoms with Crippen LogP contribution in [0.5, 0.6) is 0 Å². The number of hydrogen-bond acceptors (Lipinski definition) is 0. The Kier molecular flexibility index (Phi) is 12.5. The Labute approximate surface area is 178 Å². The van der Waals surface area contributed by atoms with Gasteiger partial charge in [-0.25, -0.2) is 20.3 Å². The van der Waals surface area contributed by atoms with Crippen LogP contribution in [0.15, 0.2) is 97.1 Å². The van der Waals surface area contributed by atoms with Crippen molar-refractivity contribution in [3.8, 4) is 21.7 Å². The molecule has 0 saturated carbocycles. The Morgan fingerprint density at radius 2 is 1.20 bits per heavy atom. The van der Waals surface area contributed by atoms with Gasteiger partial charge in [0.05, 0.1) is 0 Å². The summed E-state index contributed by atoms with van der Waals surface area (Å²) < 4.78 is 0. The normalized spacial score (nSPS) is 8.96. The molecule has 0 amide bonds. The van der Waals surface area contributed by atoms with Crippen LogP contribution < -0.4 is 24.8 Å². The van der Waals surface area contributed by atoms with Crippen LogP contribution in [0.25, 0.3) is 21.7 Å². The van der Waals surface area contributed by atoms with Crippen molar-refractivity contribution in [2.24, 2.45) is 0 Å². The summed E-state index contributed by atoms with van der Waals surface area (Å²) in [4.78, 5) is 0. The zero-order chi connectivity index (χ0) is 15.0. The van der Waals surface area contributed by atoms with Crippen molar-refractivity contribution in [2.45, 2.75) is 0 Å². The molecule has 4 aromatic rings. The summed E-state index contributed by atoms with van der Waals surface area (Å²) in [6, 6.07) is 36.6. The number of halogens is 2. The summed E-state index contributed by atoms with van der Waals surface area (Å²) in [6.45, 7) is 0. The summed E-state index contributed by atoms with van der Waals surface area (Å²) >= 11 is 0. The van der Waals surface area contributed by atoms with Gasteiger partial charge in [0, 0.05) is 0 Å². The molecule has 0 aliphatic carbocycles. The first-order chi connectivity index (χ1) is 10.9. The number of rotatable bonds is 2. The van der Waals surface area contributed by atoms with Gasteiger partial charge in [0.2, 0.25) is 0 Å². The van der Waals surface area contributed by atoms with Gasteiger partial charge >= 0.3 is 21.7 Å². The third-order valence-corrected chi connectivity index (χ3v) is 4.71. The van der Waals surface area contributed by atoms with Crippen LogP contribution in [-0.2, 0) is 21.7 Å². The van der Waals surface area contributed by atoms with Crippen molar-refractivity contribution in [3.05, 3.63) is 103 Å². The minimum atomic E-state index is 0. The smallest absolute Gasteiger partial charge is 1.00 e. The van der Waals surface area contributed by atoms with Crippen LogP contribution in [0, 0.1) is 6.07 Å². The maximum absolute atomic E-state index is 3.39. The van der Waals surface area contributed by atoms with E-state index in [0.717, 1.165) is 0 Å². The first-order valence-corrected chi connectivity index (χ1v) is 8.32. The molecular weight excluding hydrogens is 402 g/mol. The molecule has 0 nitrogen and oxygen atoms in total. The van der Waals surface area contributed by atoms with E-state index in [-0.39, 0.29) is 46.5 Å². The molecule has 1 atom stereocenters. The summed E-state index contributed by atoms with van der Waals surface area (Å²) in [5.74, 6) is 0. The molecule has 0 aliphatic heterocycles. The average molecular weight is 419 g/mol. The van der Waals surface area contributed by atoms with E-state index in [1.54, 1.807) is 0 Å². The molecule has 0 N–H and O–H groups in total. The quantitative estimate of drug-likeness (QED) is 0.323. The average Bonchev–Trinajstić information content (AvgIpc) is 3.31. The minimum Gasteiger partial charge on any atom is -1.00 e. The molecule has 0 fully saturated rings. The molecule has 1 heterocycles. The predicted molar refractivity (Wildman–Crippen MR) is 97.7 cm³/mol. The summed E-state index contributed by atoms with van der Waals surface area (Å²) in [5.41, 5.74) is 2.59. The molecule has 0 saturated heterocycles. The van der Waals surface area contributed by atoms with Crippen molar-refractivity contribution in [1.82, 2.24) is 0 Å². The second-order valence-electron chi connectivity index (χ2n) is 4.90. The summed E-state index contributed by atoms with van der Waals surface area (Å²) in [6.07, 6.45) is 0. The SMILES string of the molecule is [Cl-].[Cl-].[Ti+4].[c-]1cc(-c2ccccc2)[pH]c1-c1ccccc1.c1cc[cH-]c1. The van der Waals surface area contributed by atoms with Crippen molar-refractivity contribution >= 4 is 8.19 Å². The third kappa shape index (κ3) is 7.32. The van der Waals surface area contributed by atoms with Crippen molar-refractivity contribution in [3.63, 3.8) is 0 Å². The van der Waals surface area contributed by atoms with E-state index >= 15 is 0 Å². The van der Waals surface area contributed by atoms with Crippen LogP contribution in [0.4, 0.5) is 0 Å². The monoisotopic (exact) mass is 418 g/mol. The molecule has 1 aromatic heterocycles. The maximum Gasteiger partial charge on any atom is 4.00 e. The van der Waals surface area contributed by atoms with E-state index in [1.165, 1.54) is 21.7 Å². The standard InChI is InChI=1S/C16H12P.C5H5.2ClH.Ti/c1-3-7-13(8-4-1)15-11-12-16(17-15)14-9-5-2-6-10-14;1-2-4-5-3-1;;;/h1-11,17H;1-5H;2*1H;/q2*-1;;;+4/p-2. The summed E-state index contributed by atoms with van der Waals surface area (Å²) in [7, 11) is 0.712. The molecule has 124 valence electrons. The zero-order valence-electron chi connectivity index (χ0n) is 13.5. The van der Waals surface area contributed by atoms with E-state index in [4.69, 9.17) is 0 Å². The molecule has 4 heteroatoms. The van der Waals surface area contributed by atoms with E-state index in [9.17, 15) is 0 Å². The van der Waals surface area contributed by atoms with Gasteiger partial charge in [0.1, 0.15) is 0 Å². The fraction of sp³-hybridized carbons (Fsp3) is 0. The molecule has 0 aliphatic rings. The van der Waals surface area contributed by atoms with Crippen molar-refractivity contribution in [1.29, 1.82) is 0 Å². The van der Waals surface area contributed by atoms with Crippen molar-refractivity contribution < 1.29 is 46.5 Å². The van der Waals surface area contributed by atoms with Crippen LogP contribution in [0.2, 0.25) is 0 Å². The number of hydrogen-bond donors (Lipinski definition) is 0. The molecule has 3 aromatic carbocycles. The van der Waals surface area contributed by atoms with Crippen LogP contribution >= 0.6 is 8.19 Å². The molecule has 1 unspecified atom stereocenters. The molecule has 25 heavy (non-hydrogen) atoms. The Balaban J connectivity index is 0.000000630. The van der Waals surface area contributed by atoms with Crippen LogP contribution in [0.1, 0.15) is 0 Å². The third-order valence-electron chi connectivity index (χ3n) is 3.32. The topological polar surface area (TPSA) is 0 Å². The summed E-state index contributed by atoms with van der Waals surface area (Å²) in [5, 5.41) is 2.69. The van der Waals surface area contributed by atoms with Gasteiger partial charge in [-0.15, -0.1) is 23.0 Å². The van der Waals surface area contributed by atoms with Gasteiger partial charge in [0.25, 0.3) is 0 Å². The molecule has 4 rings (SSSR count). The van der Waals surface area contributed by atoms with Crippen molar-refractivity contribution in [2.75, 3.05) is 0 Å². The van der Waals surface area contributed by atoms with Gasteiger partial charge < -0.3 is 24.8 Å². The van der Waals surface area contributed by atoms with E-state index in [2.05, 4.69) is 66.7 Å². The van der Waals surface area contributed by atoms with Gasteiger partial charge in [0.15, 0.2) is 0 Å². The van der Waals surface area contributed by atoms with Crippen LogP contribution in [0.3, 0.4) is 0 Å². The molecule has 0 spiro atoms. The fourth-order valence-corrected chi connectivity index (χ4v) is 3.39. The molecule has 0 radical (unpaired) electrons. The van der Waals surface area contributed by atoms with E-state index in [1.807, 2.05) is 36.4 Å². The number of benzene rings is 2. The largest absolute Gasteiger partial charge is 4.00 e. The Hall–Kier alpha value is -1.14. The Morgan fingerprint density at radius 1 is 0.680 bits per heavy atom.